The zero-order chi connectivity index (χ0) is 13.8. The summed E-state index contributed by atoms with van der Waals surface area (Å²) >= 11 is 2.27. The lowest BCUT2D eigenvalue weighted by molar-refractivity contribution is 0.351. The Hall–Kier alpha value is -0.490. The summed E-state index contributed by atoms with van der Waals surface area (Å²) in [5.41, 5.74) is 1.50. The third-order valence-electron chi connectivity index (χ3n) is 2.48. The standard InChI is InChI=1S/C14H22INO2/c1-14(2,3)9-16-8-10-6-11(15)13(18-5)12(7-10)17-4/h6-7,16H,8-9H2,1-5H3. The molecule has 0 aromatic heterocycles. The van der Waals surface area contributed by atoms with Gasteiger partial charge in [0.15, 0.2) is 11.5 Å². The zero-order valence-electron chi connectivity index (χ0n) is 11.8. The van der Waals surface area contributed by atoms with Crippen molar-refractivity contribution >= 4 is 22.6 Å². The van der Waals surface area contributed by atoms with Crippen molar-refractivity contribution in [3.8, 4) is 11.5 Å². The van der Waals surface area contributed by atoms with E-state index in [4.69, 9.17) is 9.47 Å². The SMILES string of the molecule is COc1cc(CNCC(C)(C)C)cc(I)c1OC. The maximum atomic E-state index is 5.35. The summed E-state index contributed by atoms with van der Waals surface area (Å²) in [5, 5.41) is 3.46. The molecule has 0 unspecified atom stereocenters. The number of ether oxygens (including phenoxy) is 2. The normalized spacial score (nSPS) is 11.4. The topological polar surface area (TPSA) is 30.5 Å². The maximum absolute atomic E-state index is 5.35. The van der Waals surface area contributed by atoms with E-state index in [-0.39, 0.29) is 0 Å². The Morgan fingerprint density at radius 3 is 2.33 bits per heavy atom. The molecule has 0 radical (unpaired) electrons. The van der Waals surface area contributed by atoms with Gasteiger partial charge in [-0.2, -0.15) is 0 Å². The first-order valence-corrected chi connectivity index (χ1v) is 7.06. The van der Waals surface area contributed by atoms with Gasteiger partial charge < -0.3 is 14.8 Å². The van der Waals surface area contributed by atoms with Crippen molar-refractivity contribution in [1.82, 2.24) is 5.32 Å². The minimum absolute atomic E-state index is 0.295. The fraction of sp³-hybridized carbons (Fsp3) is 0.571. The van der Waals surface area contributed by atoms with E-state index in [0.29, 0.717) is 5.41 Å². The van der Waals surface area contributed by atoms with Crippen LogP contribution in [-0.4, -0.2) is 20.8 Å². The first-order valence-electron chi connectivity index (χ1n) is 5.98. The van der Waals surface area contributed by atoms with E-state index in [0.717, 1.165) is 28.2 Å². The van der Waals surface area contributed by atoms with Crippen LogP contribution < -0.4 is 14.8 Å². The summed E-state index contributed by atoms with van der Waals surface area (Å²) in [5.74, 6) is 1.59. The van der Waals surface area contributed by atoms with Crippen LogP contribution in [0.3, 0.4) is 0 Å². The van der Waals surface area contributed by atoms with E-state index in [1.165, 1.54) is 5.56 Å². The molecule has 0 amide bonds. The number of benzene rings is 1. The Morgan fingerprint density at radius 2 is 1.83 bits per heavy atom. The van der Waals surface area contributed by atoms with Crippen LogP contribution in [0, 0.1) is 8.99 Å². The van der Waals surface area contributed by atoms with Gasteiger partial charge in [-0.25, -0.2) is 0 Å². The summed E-state index contributed by atoms with van der Waals surface area (Å²) in [7, 11) is 3.33. The molecule has 0 saturated heterocycles. The highest BCUT2D eigenvalue weighted by atomic mass is 127. The largest absolute Gasteiger partial charge is 0.493 e. The minimum atomic E-state index is 0.295. The average Bonchev–Trinajstić information content (AvgIpc) is 2.26. The van der Waals surface area contributed by atoms with E-state index in [1.54, 1.807) is 14.2 Å². The van der Waals surface area contributed by atoms with Crippen LogP contribution >= 0.6 is 22.6 Å². The van der Waals surface area contributed by atoms with Gasteiger partial charge in [0.1, 0.15) is 0 Å². The van der Waals surface area contributed by atoms with E-state index in [2.05, 4.69) is 54.7 Å². The first kappa shape index (κ1) is 15.6. The second-order valence-corrected chi connectivity index (χ2v) is 6.64. The molecule has 0 saturated carbocycles. The molecule has 18 heavy (non-hydrogen) atoms. The smallest absolute Gasteiger partial charge is 0.174 e. The van der Waals surface area contributed by atoms with Gasteiger partial charge in [-0.05, 0) is 45.7 Å². The molecule has 1 aromatic rings. The van der Waals surface area contributed by atoms with E-state index >= 15 is 0 Å². The molecule has 0 atom stereocenters. The van der Waals surface area contributed by atoms with Crippen molar-refractivity contribution in [3.05, 3.63) is 21.3 Å². The lowest BCUT2D eigenvalue weighted by atomic mass is 9.97. The summed E-state index contributed by atoms with van der Waals surface area (Å²) in [6.07, 6.45) is 0. The van der Waals surface area contributed by atoms with Crippen LogP contribution in [0.15, 0.2) is 12.1 Å². The van der Waals surface area contributed by atoms with Crippen LogP contribution in [0.1, 0.15) is 26.3 Å². The number of hydrogen-bond acceptors (Lipinski definition) is 3. The van der Waals surface area contributed by atoms with Gasteiger partial charge >= 0.3 is 0 Å². The van der Waals surface area contributed by atoms with Crippen LogP contribution in [0.25, 0.3) is 0 Å². The highest BCUT2D eigenvalue weighted by molar-refractivity contribution is 14.1. The predicted molar refractivity (Wildman–Crippen MR) is 83.4 cm³/mol. The quantitative estimate of drug-likeness (QED) is 0.813. The summed E-state index contributed by atoms with van der Waals surface area (Å²) < 4.78 is 11.7. The van der Waals surface area contributed by atoms with E-state index < -0.39 is 0 Å². The predicted octanol–water partition coefficient (Wildman–Crippen LogP) is 3.44. The Bertz CT molecular complexity index is 400. The van der Waals surface area contributed by atoms with Crippen molar-refractivity contribution in [3.63, 3.8) is 0 Å². The van der Waals surface area contributed by atoms with Crippen LogP contribution in [0.2, 0.25) is 0 Å². The lowest BCUT2D eigenvalue weighted by Gasteiger charge is -2.19. The third-order valence-corrected chi connectivity index (χ3v) is 3.28. The average molecular weight is 363 g/mol. The summed E-state index contributed by atoms with van der Waals surface area (Å²) in [6.45, 7) is 8.49. The Morgan fingerprint density at radius 1 is 1.17 bits per heavy atom. The van der Waals surface area contributed by atoms with Crippen molar-refractivity contribution < 1.29 is 9.47 Å². The molecule has 0 bridgehead atoms. The van der Waals surface area contributed by atoms with Gasteiger partial charge in [-0.1, -0.05) is 20.8 Å². The molecule has 0 fully saturated rings. The van der Waals surface area contributed by atoms with Crippen LogP contribution in [0.5, 0.6) is 11.5 Å². The summed E-state index contributed by atoms with van der Waals surface area (Å²) in [6, 6.07) is 4.15. The van der Waals surface area contributed by atoms with Crippen LogP contribution in [0.4, 0.5) is 0 Å². The van der Waals surface area contributed by atoms with Gasteiger partial charge in [0.25, 0.3) is 0 Å². The molecule has 1 rings (SSSR count). The zero-order valence-corrected chi connectivity index (χ0v) is 13.9. The summed E-state index contributed by atoms with van der Waals surface area (Å²) in [4.78, 5) is 0. The Kier molecular flexibility index (Phi) is 5.72. The molecule has 0 aliphatic carbocycles. The van der Waals surface area contributed by atoms with Crippen LogP contribution in [-0.2, 0) is 6.54 Å². The first-order chi connectivity index (χ1) is 8.37. The highest BCUT2D eigenvalue weighted by Gasteiger charge is 2.12. The van der Waals surface area contributed by atoms with Gasteiger partial charge in [0, 0.05) is 13.1 Å². The van der Waals surface area contributed by atoms with Gasteiger partial charge in [0.2, 0.25) is 0 Å². The molecule has 0 heterocycles. The van der Waals surface area contributed by atoms with Gasteiger partial charge in [-0.3, -0.25) is 0 Å². The maximum Gasteiger partial charge on any atom is 0.174 e. The molecule has 1 N–H and O–H groups in total. The highest BCUT2D eigenvalue weighted by Crippen LogP contribution is 2.33. The molecular formula is C14H22INO2. The second-order valence-electron chi connectivity index (χ2n) is 5.48. The van der Waals surface area contributed by atoms with Crippen molar-refractivity contribution in [1.29, 1.82) is 0 Å². The van der Waals surface area contributed by atoms with E-state index in [9.17, 15) is 0 Å². The molecule has 0 spiro atoms. The van der Waals surface area contributed by atoms with Gasteiger partial charge in [0.05, 0.1) is 17.8 Å². The number of methoxy groups -OCH3 is 2. The second kappa shape index (κ2) is 6.61. The van der Waals surface area contributed by atoms with Crippen molar-refractivity contribution in [2.45, 2.75) is 27.3 Å². The number of rotatable bonds is 5. The molecular weight excluding hydrogens is 341 g/mol. The van der Waals surface area contributed by atoms with E-state index in [1.807, 2.05) is 6.07 Å². The molecule has 0 aliphatic heterocycles. The monoisotopic (exact) mass is 363 g/mol. The fourth-order valence-corrected chi connectivity index (χ4v) is 2.54. The Balaban J connectivity index is 2.76. The molecule has 4 heteroatoms. The third kappa shape index (κ3) is 4.65. The number of hydrogen-bond donors (Lipinski definition) is 1. The molecule has 0 aliphatic rings. The van der Waals surface area contributed by atoms with Crippen molar-refractivity contribution in [2.24, 2.45) is 5.41 Å². The van der Waals surface area contributed by atoms with Crippen molar-refractivity contribution in [2.75, 3.05) is 20.8 Å². The van der Waals surface area contributed by atoms with Gasteiger partial charge in [-0.15, -0.1) is 0 Å². The number of halogens is 1. The lowest BCUT2D eigenvalue weighted by Crippen LogP contribution is -2.26. The molecule has 102 valence electrons. The minimum Gasteiger partial charge on any atom is -0.493 e. The fourth-order valence-electron chi connectivity index (χ4n) is 1.66. The Labute approximate surface area is 123 Å². The number of nitrogens with one attached hydrogen (secondary N) is 1. The molecule has 1 aromatic carbocycles. The molecule has 3 nitrogen and oxygen atoms in total.